The zero-order valence-corrected chi connectivity index (χ0v) is 11.7. The average Bonchev–Trinajstić information content (AvgIpc) is 2.48. The number of halogens is 1. The van der Waals surface area contributed by atoms with Gasteiger partial charge in [-0.05, 0) is 30.9 Å². The van der Waals surface area contributed by atoms with E-state index in [2.05, 4.69) is 12.1 Å². The van der Waals surface area contributed by atoms with Crippen LogP contribution in [0.3, 0.4) is 0 Å². The van der Waals surface area contributed by atoms with Crippen LogP contribution < -0.4 is 10.2 Å². The van der Waals surface area contributed by atoms with E-state index in [9.17, 15) is 14.4 Å². The second-order valence-electron chi connectivity index (χ2n) is 4.85. The molecule has 2 N–H and O–H groups in total. The lowest BCUT2D eigenvalue weighted by Gasteiger charge is -2.11. The maximum absolute atomic E-state index is 13.2. The minimum atomic E-state index is -1.66. The topological polar surface area (TPSA) is 49.7 Å². The summed E-state index contributed by atoms with van der Waals surface area (Å²) in [5.74, 6) is -0.275. The Morgan fingerprint density at radius 3 is 2.48 bits per heavy atom. The molecule has 0 aromatic heterocycles. The Morgan fingerprint density at radius 1 is 1.00 bits per heavy atom. The van der Waals surface area contributed by atoms with E-state index in [1.165, 1.54) is 23.8 Å². The summed E-state index contributed by atoms with van der Waals surface area (Å²) >= 11 is 0. The summed E-state index contributed by atoms with van der Waals surface area (Å²) in [4.78, 5) is 0. The van der Waals surface area contributed by atoms with Crippen LogP contribution in [0, 0.1) is 5.82 Å². The van der Waals surface area contributed by atoms with Crippen molar-refractivity contribution in [2.75, 3.05) is 6.61 Å². The van der Waals surface area contributed by atoms with Gasteiger partial charge in [0.1, 0.15) is 11.6 Å². The molecule has 0 aliphatic carbocycles. The minimum absolute atomic E-state index is 0.180. The number of ether oxygens (including phenoxy) is 1. The highest BCUT2D eigenvalue weighted by Gasteiger charge is 2.17. The van der Waals surface area contributed by atoms with Gasteiger partial charge in [0.25, 0.3) is 0 Å². The van der Waals surface area contributed by atoms with Crippen LogP contribution in [0.15, 0.2) is 48.5 Å². The van der Waals surface area contributed by atoms with Gasteiger partial charge in [-0.15, -0.1) is 0 Å². The van der Waals surface area contributed by atoms with Crippen LogP contribution in [0.4, 0.5) is 4.39 Å². The Bertz CT molecular complexity index is 561. The van der Waals surface area contributed by atoms with Crippen molar-refractivity contribution in [3.8, 4) is 5.75 Å². The number of hydrogen-bond donors (Lipinski definition) is 2. The fourth-order valence-corrected chi connectivity index (χ4v) is 2.10. The zero-order valence-electron chi connectivity index (χ0n) is 11.7. The molecular weight excluding hydrogens is 270 g/mol. The summed E-state index contributed by atoms with van der Waals surface area (Å²) in [5, 5.41) is 18.4. The maximum atomic E-state index is 13.2. The van der Waals surface area contributed by atoms with Crippen molar-refractivity contribution in [2.45, 2.75) is 19.3 Å². The first-order chi connectivity index (χ1) is 10.2. The molecule has 0 aliphatic rings. The van der Waals surface area contributed by atoms with Crippen molar-refractivity contribution in [3.63, 3.8) is 0 Å². The van der Waals surface area contributed by atoms with E-state index < -0.39 is 12.9 Å². The van der Waals surface area contributed by atoms with Gasteiger partial charge in [-0.25, -0.2) is 4.39 Å². The summed E-state index contributed by atoms with van der Waals surface area (Å²) < 4.78 is 18.6. The van der Waals surface area contributed by atoms with Gasteiger partial charge in [0.05, 0.1) is 6.61 Å². The molecule has 2 aromatic carbocycles. The molecule has 5 heteroatoms. The third kappa shape index (κ3) is 4.88. The van der Waals surface area contributed by atoms with Gasteiger partial charge in [-0.2, -0.15) is 0 Å². The second kappa shape index (κ2) is 7.81. The first kappa shape index (κ1) is 15.5. The average molecular weight is 288 g/mol. The highest BCUT2D eigenvalue weighted by atomic mass is 19.1. The van der Waals surface area contributed by atoms with Crippen molar-refractivity contribution in [1.82, 2.24) is 0 Å². The van der Waals surface area contributed by atoms with Crippen molar-refractivity contribution in [1.29, 1.82) is 0 Å². The highest BCUT2D eigenvalue weighted by Crippen LogP contribution is 2.12. The van der Waals surface area contributed by atoms with Crippen molar-refractivity contribution in [3.05, 3.63) is 59.9 Å². The monoisotopic (exact) mass is 288 g/mol. The van der Waals surface area contributed by atoms with Crippen LogP contribution >= 0.6 is 0 Å². The third-order valence-electron chi connectivity index (χ3n) is 3.21. The Hall–Kier alpha value is -1.85. The normalized spacial score (nSPS) is 10.4. The molecule has 0 aliphatic heterocycles. The maximum Gasteiger partial charge on any atom is 0.492 e. The number of unbranched alkanes of at least 4 members (excludes halogenated alkanes) is 1. The highest BCUT2D eigenvalue weighted by molar-refractivity contribution is 6.59. The number of rotatable bonds is 7. The molecule has 0 fully saturated rings. The molecule has 0 spiro atoms. The molecule has 0 saturated heterocycles. The van der Waals surface area contributed by atoms with Gasteiger partial charge in [0, 0.05) is 11.5 Å². The number of benzene rings is 2. The second-order valence-corrected chi connectivity index (χ2v) is 4.85. The molecule has 3 nitrogen and oxygen atoms in total. The van der Waals surface area contributed by atoms with E-state index in [0.29, 0.717) is 6.61 Å². The standard InChI is InChI=1S/C16H18BFO3/c18-14-9-10-15(17(19)20)16(12-14)21-11-5-4-8-13-6-2-1-3-7-13/h1-3,6-7,9-10,12,19-20H,4-5,8,11H2. The van der Waals surface area contributed by atoms with Crippen molar-refractivity contribution in [2.24, 2.45) is 0 Å². The van der Waals surface area contributed by atoms with Gasteiger partial charge < -0.3 is 14.8 Å². The first-order valence-corrected chi connectivity index (χ1v) is 6.99. The van der Waals surface area contributed by atoms with Gasteiger partial charge in [-0.3, -0.25) is 0 Å². The molecule has 2 rings (SSSR count). The van der Waals surface area contributed by atoms with E-state index in [1.807, 2.05) is 18.2 Å². The molecular formula is C16H18BFO3. The predicted octanol–water partition coefficient (Wildman–Crippen LogP) is 1.91. The number of hydrogen-bond acceptors (Lipinski definition) is 3. The molecule has 0 radical (unpaired) electrons. The molecule has 110 valence electrons. The molecule has 2 aromatic rings. The molecule has 0 atom stereocenters. The lowest BCUT2D eigenvalue weighted by atomic mass is 9.79. The summed E-state index contributed by atoms with van der Waals surface area (Å²) in [6, 6.07) is 13.8. The largest absolute Gasteiger partial charge is 0.494 e. The van der Waals surface area contributed by atoms with E-state index >= 15 is 0 Å². The van der Waals surface area contributed by atoms with Gasteiger partial charge in [0.2, 0.25) is 0 Å². The van der Waals surface area contributed by atoms with Gasteiger partial charge in [0.15, 0.2) is 0 Å². The Labute approximate surface area is 124 Å². The Morgan fingerprint density at radius 2 is 1.76 bits per heavy atom. The van der Waals surface area contributed by atoms with Crippen LogP contribution in [0.1, 0.15) is 18.4 Å². The summed E-state index contributed by atoms with van der Waals surface area (Å²) in [5.41, 5.74) is 1.45. The molecule has 21 heavy (non-hydrogen) atoms. The lowest BCUT2D eigenvalue weighted by Crippen LogP contribution is -2.31. The smallest absolute Gasteiger partial charge is 0.492 e. The minimum Gasteiger partial charge on any atom is -0.494 e. The summed E-state index contributed by atoms with van der Waals surface area (Å²) in [6.07, 6.45) is 2.73. The van der Waals surface area contributed by atoms with Gasteiger partial charge >= 0.3 is 7.12 Å². The van der Waals surface area contributed by atoms with E-state index in [0.717, 1.165) is 19.3 Å². The summed E-state index contributed by atoms with van der Waals surface area (Å²) in [6.45, 7) is 0.413. The fourth-order valence-electron chi connectivity index (χ4n) is 2.10. The van der Waals surface area contributed by atoms with Crippen LogP contribution in [-0.2, 0) is 6.42 Å². The Kier molecular flexibility index (Phi) is 5.78. The fraction of sp³-hybridized carbons (Fsp3) is 0.250. The van der Waals surface area contributed by atoms with Crippen molar-refractivity contribution < 1.29 is 19.2 Å². The molecule has 0 heterocycles. The molecule has 0 amide bonds. The van der Waals surface area contributed by atoms with Crippen LogP contribution in [0.5, 0.6) is 5.75 Å². The van der Waals surface area contributed by atoms with Crippen molar-refractivity contribution >= 4 is 12.6 Å². The first-order valence-electron chi connectivity index (χ1n) is 6.99. The molecule has 0 saturated carbocycles. The number of aryl methyl sites for hydroxylation is 1. The Balaban J connectivity index is 1.79. The lowest BCUT2D eigenvalue weighted by molar-refractivity contribution is 0.306. The quantitative estimate of drug-likeness (QED) is 0.604. The SMILES string of the molecule is OB(O)c1ccc(F)cc1OCCCCc1ccccc1. The third-order valence-corrected chi connectivity index (χ3v) is 3.21. The van der Waals surface area contributed by atoms with Crippen LogP contribution in [-0.4, -0.2) is 23.8 Å². The van der Waals surface area contributed by atoms with Crippen LogP contribution in [0.25, 0.3) is 0 Å². The molecule has 0 bridgehead atoms. The molecule has 0 unspecified atom stereocenters. The summed E-state index contributed by atoms with van der Waals surface area (Å²) in [7, 11) is -1.66. The van der Waals surface area contributed by atoms with E-state index in [-0.39, 0.29) is 11.2 Å². The van der Waals surface area contributed by atoms with Crippen LogP contribution in [0.2, 0.25) is 0 Å². The van der Waals surface area contributed by atoms with E-state index in [4.69, 9.17) is 4.74 Å². The zero-order chi connectivity index (χ0) is 15.1. The van der Waals surface area contributed by atoms with E-state index in [1.54, 1.807) is 0 Å². The van der Waals surface area contributed by atoms with Gasteiger partial charge in [-0.1, -0.05) is 36.4 Å². The predicted molar refractivity (Wildman–Crippen MR) is 81.1 cm³/mol.